The molecule has 2 rings (SSSR count). The molecule has 0 spiro atoms. The van der Waals surface area contributed by atoms with E-state index < -0.39 is 5.72 Å². The maximum atomic E-state index is 12.4. The summed E-state index contributed by atoms with van der Waals surface area (Å²) in [7, 11) is 1.69. The molecule has 0 fully saturated rings. The molecule has 0 radical (unpaired) electrons. The fourth-order valence-corrected chi connectivity index (χ4v) is 1.93. The first-order valence-corrected chi connectivity index (χ1v) is 6.61. The second-order valence-corrected chi connectivity index (χ2v) is 5.33. The smallest absolute Gasteiger partial charge is 0.260 e. The van der Waals surface area contributed by atoms with Gasteiger partial charge in [-0.2, -0.15) is 0 Å². The van der Waals surface area contributed by atoms with Gasteiger partial charge in [0.15, 0.2) is 5.72 Å². The monoisotopic (exact) mass is 330 g/mol. The van der Waals surface area contributed by atoms with E-state index in [9.17, 15) is 9.18 Å². The van der Waals surface area contributed by atoms with E-state index in [0.29, 0.717) is 29.0 Å². The molecule has 2 N–H and O–H groups in total. The van der Waals surface area contributed by atoms with Gasteiger partial charge in [-0.3, -0.25) is 4.79 Å². The summed E-state index contributed by atoms with van der Waals surface area (Å²) in [4.78, 5) is 13.8. The molecule has 1 amide bonds. The van der Waals surface area contributed by atoms with Crippen molar-refractivity contribution in [3.8, 4) is 11.5 Å². The zero-order chi connectivity index (χ0) is 15.6. The predicted molar refractivity (Wildman–Crippen MR) is 84.2 cm³/mol. The third-order valence-electron chi connectivity index (χ3n) is 3.50. The number of carbonyl (C=O) groups is 1. The summed E-state index contributed by atoms with van der Waals surface area (Å²) in [6, 6.07) is 4.92. The number of ether oxygens (including phenoxy) is 2. The van der Waals surface area contributed by atoms with Gasteiger partial charge in [-0.25, -0.2) is 4.39 Å². The summed E-state index contributed by atoms with van der Waals surface area (Å²) < 4.78 is 23.7. The van der Waals surface area contributed by atoms with Crippen molar-refractivity contribution in [3.05, 3.63) is 35.7 Å². The zero-order valence-corrected chi connectivity index (χ0v) is 13.6. The first kappa shape index (κ1) is 18.3. The third kappa shape index (κ3) is 3.51. The van der Waals surface area contributed by atoms with Crippen LogP contribution in [-0.2, 0) is 0 Å². The van der Waals surface area contributed by atoms with Gasteiger partial charge in [-0.15, -0.1) is 12.4 Å². The lowest BCUT2D eigenvalue weighted by molar-refractivity contribution is -0.0367. The van der Waals surface area contributed by atoms with Crippen LogP contribution in [0.2, 0.25) is 0 Å². The van der Waals surface area contributed by atoms with Gasteiger partial charge in [0.1, 0.15) is 18.1 Å². The Morgan fingerprint density at radius 1 is 1.50 bits per heavy atom. The van der Waals surface area contributed by atoms with E-state index in [2.05, 4.69) is 0 Å². The highest BCUT2D eigenvalue weighted by atomic mass is 35.5. The molecular formula is C15H20ClFN2O3. The molecule has 22 heavy (non-hydrogen) atoms. The number of halogens is 2. The molecule has 0 atom stereocenters. The molecule has 1 aliphatic rings. The fourth-order valence-electron chi connectivity index (χ4n) is 1.93. The highest BCUT2D eigenvalue weighted by molar-refractivity contribution is 5.98. The molecule has 0 unspecified atom stereocenters. The number of nitrogens with two attached hydrogens (primary N) is 1. The van der Waals surface area contributed by atoms with Gasteiger partial charge in [0, 0.05) is 25.2 Å². The number of benzene rings is 1. The summed E-state index contributed by atoms with van der Waals surface area (Å²) >= 11 is 0. The Kier molecular flexibility index (Phi) is 5.79. The van der Waals surface area contributed by atoms with Crippen molar-refractivity contribution < 1.29 is 18.7 Å². The van der Waals surface area contributed by atoms with Crippen molar-refractivity contribution in [2.45, 2.75) is 19.6 Å². The van der Waals surface area contributed by atoms with Gasteiger partial charge in [-0.05, 0) is 26.0 Å². The van der Waals surface area contributed by atoms with Crippen molar-refractivity contribution >= 4 is 18.3 Å². The minimum Gasteiger partial charge on any atom is -0.489 e. The largest absolute Gasteiger partial charge is 0.489 e. The summed E-state index contributed by atoms with van der Waals surface area (Å²) in [6.07, 6.45) is 0.441. The molecule has 0 aliphatic carbocycles. The molecule has 5 nitrogen and oxygen atoms in total. The van der Waals surface area contributed by atoms with Gasteiger partial charge in [0.25, 0.3) is 5.91 Å². The Bertz CT molecular complexity index is 590. The van der Waals surface area contributed by atoms with Gasteiger partial charge < -0.3 is 20.1 Å². The number of amides is 1. The number of carbonyl (C=O) groups excluding carboxylic acids is 1. The minimum absolute atomic E-state index is 0. The molecule has 1 aliphatic heterocycles. The third-order valence-corrected chi connectivity index (χ3v) is 3.50. The van der Waals surface area contributed by atoms with Crippen molar-refractivity contribution in [2.24, 2.45) is 5.73 Å². The SMILES string of the molecule is CN1C(=O)c2ccc(OC/C(=C/F)CN)cc2OC1(C)C.Cl. The molecule has 7 heteroatoms. The quantitative estimate of drug-likeness (QED) is 0.921. The van der Waals surface area contributed by atoms with Crippen LogP contribution in [0, 0.1) is 0 Å². The summed E-state index contributed by atoms with van der Waals surface area (Å²) in [6.45, 7) is 3.76. The van der Waals surface area contributed by atoms with E-state index in [1.807, 2.05) is 0 Å². The van der Waals surface area contributed by atoms with Crippen molar-refractivity contribution in [2.75, 3.05) is 20.2 Å². The topological polar surface area (TPSA) is 64.8 Å². The normalized spacial score (nSPS) is 16.5. The van der Waals surface area contributed by atoms with E-state index in [4.69, 9.17) is 15.2 Å². The number of fused-ring (bicyclic) bond motifs is 1. The highest BCUT2D eigenvalue weighted by Gasteiger charge is 2.37. The Balaban J connectivity index is 0.00000242. The lowest BCUT2D eigenvalue weighted by Gasteiger charge is -2.40. The van der Waals surface area contributed by atoms with E-state index in [1.54, 1.807) is 39.1 Å². The van der Waals surface area contributed by atoms with Crippen LogP contribution >= 0.6 is 12.4 Å². The molecule has 0 saturated carbocycles. The first-order chi connectivity index (χ1) is 9.89. The Morgan fingerprint density at radius 2 is 2.18 bits per heavy atom. The van der Waals surface area contributed by atoms with Crippen molar-refractivity contribution in [1.29, 1.82) is 0 Å². The Hall–Kier alpha value is -1.79. The number of rotatable bonds is 4. The Labute approximate surface area is 135 Å². The predicted octanol–water partition coefficient (Wildman–Crippen LogP) is 2.50. The number of hydrogen-bond donors (Lipinski definition) is 1. The van der Waals surface area contributed by atoms with E-state index >= 15 is 0 Å². The lowest BCUT2D eigenvalue weighted by Crippen LogP contribution is -2.52. The molecule has 0 bridgehead atoms. The molecule has 0 saturated heterocycles. The van der Waals surface area contributed by atoms with Crippen LogP contribution in [0.3, 0.4) is 0 Å². The van der Waals surface area contributed by atoms with Crippen LogP contribution in [0.25, 0.3) is 0 Å². The molecule has 1 heterocycles. The average molecular weight is 331 g/mol. The molecule has 122 valence electrons. The van der Waals surface area contributed by atoms with Crippen LogP contribution in [0.4, 0.5) is 4.39 Å². The van der Waals surface area contributed by atoms with Gasteiger partial charge in [0.05, 0.1) is 11.9 Å². The summed E-state index contributed by atoms with van der Waals surface area (Å²) in [5, 5.41) is 0. The van der Waals surface area contributed by atoms with Gasteiger partial charge in [0.2, 0.25) is 0 Å². The van der Waals surface area contributed by atoms with Crippen LogP contribution in [0.5, 0.6) is 11.5 Å². The Morgan fingerprint density at radius 3 is 2.77 bits per heavy atom. The number of hydrogen-bond acceptors (Lipinski definition) is 4. The molecule has 1 aromatic rings. The maximum absolute atomic E-state index is 12.4. The van der Waals surface area contributed by atoms with Gasteiger partial charge in [-0.1, -0.05) is 0 Å². The second-order valence-electron chi connectivity index (χ2n) is 5.33. The molecular weight excluding hydrogens is 311 g/mol. The average Bonchev–Trinajstić information content (AvgIpc) is 2.45. The van der Waals surface area contributed by atoms with E-state index in [0.717, 1.165) is 0 Å². The molecule has 0 aromatic heterocycles. The zero-order valence-electron chi connectivity index (χ0n) is 12.8. The first-order valence-electron chi connectivity index (χ1n) is 6.61. The van der Waals surface area contributed by atoms with Crippen LogP contribution in [0.15, 0.2) is 30.1 Å². The number of nitrogens with zero attached hydrogens (tertiary/aromatic N) is 1. The van der Waals surface area contributed by atoms with E-state index in [-0.39, 0.29) is 31.5 Å². The van der Waals surface area contributed by atoms with Gasteiger partial charge >= 0.3 is 0 Å². The van der Waals surface area contributed by atoms with Crippen molar-refractivity contribution in [1.82, 2.24) is 4.90 Å². The van der Waals surface area contributed by atoms with Crippen LogP contribution < -0.4 is 15.2 Å². The standard InChI is InChI=1S/C15H19FN2O3.ClH/c1-15(2)18(3)14(19)12-5-4-11(6-13(12)21-15)20-9-10(7-16)8-17;/h4-7H,8-9,17H2,1-3H3;1H/b10-7+;. The summed E-state index contributed by atoms with van der Waals surface area (Å²) in [5.41, 5.74) is 5.46. The maximum Gasteiger partial charge on any atom is 0.260 e. The molecule has 1 aromatic carbocycles. The van der Waals surface area contributed by atoms with Crippen LogP contribution in [-0.4, -0.2) is 36.7 Å². The second kappa shape index (κ2) is 6.98. The minimum atomic E-state index is -0.732. The lowest BCUT2D eigenvalue weighted by atomic mass is 10.1. The fraction of sp³-hybridized carbons (Fsp3) is 0.400. The summed E-state index contributed by atoms with van der Waals surface area (Å²) in [5.74, 6) is 0.841. The van der Waals surface area contributed by atoms with E-state index in [1.165, 1.54) is 4.90 Å². The van der Waals surface area contributed by atoms with Crippen LogP contribution in [0.1, 0.15) is 24.2 Å². The highest BCUT2D eigenvalue weighted by Crippen LogP contribution is 2.35. The van der Waals surface area contributed by atoms with Crippen molar-refractivity contribution in [3.63, 3.8) is 0 Å².